The maximum atomic E-state index is 12.2. The molecule has 0 fully saturated rings. The molecule has 1 rings (SSSR count). The van der Waals surface area contributed by atoms with Gasteiger partial charge in [0.2, 0.25) is 5.91 Å². The monoisotopic (exact) mass is 404 g/mol. The first kappa shape index (κ1) is 24.0. The number of unbranched alkanes of at least 4 members (excludes halogenated alkanes) is 7. The van der Waals surface area contributed by atoms with Crippen LogP contribution in [0.5, 0.6) is 0 Å². The van der Waals surface area contributed by atoms with Gasteiger partial charge in [-0.1, -0.05) is 50.7 Å². The Morgan fingerprint density at radius 1 is 1.00 bits per heavy atom. The first-order chi connectivity index (χ1) is 13.6. The predicted octanol–water partition coefficient (Wildman–Crippen LogP) is 3.02. The summed E-state index contributed by atoms with van der Waals surface area (Å²) < 4.78 is 0. The second-order valence-electron chi connectivity index (χ2n) is 6.94. The molecule has 154 valence electrons. The van der Waals surface area contributed by atoms with Crippen LogP contribution in [0.15, 0.2) is 24.3 Å². The Morgan fingerprint density at radius 3 is 2.11 bits per heavy atom. The number of hydrogen-bond donors (Lipinski definition) is 4. The van der Waals surface area contributed by atoms with Crippen molar-refractivity contribution in [1.29, 1.82) is 5.26 Å². The van der Waals surface area contributed by atoms with Crippen molar-refractivity contribution >= 4 is 24.4 Å². The quantitative estimate of drug-likeness (QED) is 0.126. The molecule has 1 aromatic carbocycles. The van der Waals surface area contributed by atoms with Gasteiger partial charge >= 0.3 is 0 Å². The van der Waals surface area contributed by atoms with Gasteiger partial charge in [-0.3, -0.25) is 15.0 Å². The summed E-state index contributed by atoms with van der Waals surface area (Å²) in [6, 6.07) is 8.25. The Bertz CT molecular complexity index is 628. The Hall–Kier alpha value is -2.04. The van der Waals surface area contributed by atoms with Crippen molar-refractivity contribution in [1.82, 2.24) is 10.7 Å². The van der Waals surface area contributed by atoms with Crippen LogP contribution in [0.2, 0.25) is 0 Å². The van der Waals surface area contributed by atoms with Gasteiger partial charge in [0.15, 0.2) is 0 Å². The van der Waals surface area contributed by atoms with Gasteiger partial charge in [-0.15, -0.1) is 0 Å². The van der Waals surface area contributed by atoms with Crippen LogP contribution in [0, 0.1) is 11.3 Å². The third kappa shape index (κ3) is 10.3. The molecule has 1 atom stereocenters. The molecule has 0 bridgehead atoms. The van der Waals surface area contributed by atoms with Crippen LogP contribution in [-0.4, -0.2) is 23.6 Å². The van der Waals surface area contributed by atoms with E-state index >= 15 is 0 Å². The second-order valence-corrected chi connectivity index (χ2v) is 7.39. The maximum absolute atomic E-state index is 12.2. The van der Waals surface area contributed by atoms with Crippen molar-refractivity contribution in [3.63, 3.8) is 0 Å². The SMILES string of the molecule is N#Cc1ccc(C[C@H](NC(=O)CCCCCCCCCCS)C(=O)NN)cc1. The van der Waals surface area contributed by atoms with Gasteiger partial charge in [0.05, 0.1) is 11.6 Å². The van der Waals surface area contributed by atoms with Gasteiger partial charge in [0.25, 0.3) is 5.91 Å². The van der Waals surface area contributed by atoms with E-state index < -0.39 is 11.9 Å². The lowest BCUT2D eigenvalue weighted by Crippen LogP contribution is -2.50. The summed E-state index contributed by atoms with van der Waals surface area (Å²) in [7, 11) is 0. The van der Waals surface area contributed by atoms with Gasteiger partial charge in [-0.2, -0.15) is 17.9 Å². The fourth-order valence-electron chi connectivity index (χ4n) is 2.99. The zero-order chi connectivity index (χ0) is 20.6. The molecule has 6 nitrogen and oxygen atoms in total. The number of nitrogens with zero attached hydrogens (tertiary/aromatic N) is 1. The Balaban J connectivity index is 2.31. The lowest BCUT2D eigenvalue weighted by atomic mass is 10.0. The Kier molecular flexibility index (Phi) is 12.8. The van der Waals surface area contributed by atoms with Crippen LogP contribution in [-0.2, 0) is 16.0 Å². The molecular weight excluding hydrogens is 372 g/mol. The van der Waals surface area contributed by atoms with Crippen molar-refractivity contribution in [3.05, 3.63) is 35.4 Å². The maximum Gasteiger partial charge on any atom is 0.256 e. The number of carbonyl (C=O) groups is 2. The lowest BCUT2D eigenvalue weighted by Gasteiger charge is -2.17. The minimum Gasteiger partial charge on any atom is -0.344 e. The van der Waals surface area contributed by atoms with E-state index in [2.05, 4.69) is 29.4 Å². The molecule has 0 saturated heterocycles. The molecule has 28 heavy (non-hydrogen) atoms. The van der Waals surface area contributed by atoms with E-state index in [9.17, 15) is 9.59 Å². The highest BCUT2D eigenvalue weighted by molar-refractivity contribution is 7.80. The van der Waals surface area contributed by atoms with Gasteiger partial charge in [-0.25, -0.2) is 5.84 Å². The van der Waals surface area contributed by atoms with E-state index in [0.717, 1.165) is 30.6 Å². The first-order valence-corrected chi connectivity index (χ1v) is 10.6. The molecular formula is C21H32N4O2S. The smallest absolute Gasteiger partial charge is 0.256 e. The van der Waals surface area contributed by atoms with Gasteiger partial charge in [0.1, 0.15) is 6.04 Å². The topological polar surface area (TPSA) is 108 Å². The fourth-order valence-corrected chi connectivity index (χ4v) is 3.21. The standard InChI is InChI=1S/C21H32N4O2S/c22-16-18-12-10-17(11-13-18)15-19(21(27)25-23)24-20(26)9-7-5-3-1-2-4-6-8-14-28/h10-13,19,28H,1-9,14-15,23H2,(H,24,26)(H,25,27)/t19-/m0/s1. The van der Waals surface area contributed by atoms with Crippen LogP contribution in [0.1, 0.15) is 68.9 Å². The van der Waals surface area contributed by atoms with Gasteiger partial charge in [0, 0.05) is 12.8 Å². The van der Waals surface area contributed by atoms with Crippen molar-refractivity contribution in [2.75, 3.05) is 5.75 Å². The largest absolute Gasteiger partial charge is 0.344 e. The molecule has 0 aromatic heterocycles. The highest BCUT2D eigenvalue weighted by Crippen LogP contribution is 2.11. The van der Waals surface area contributed by atoms with E-state index in [1.807, 2.05) is 0 Å². The number of hydrazine groups is 1. The minimum absolute atomic E-state index is 0.143. The number of rotatable bonds is 14. The number of nitrogens with two attached hydrogens (primary N) is 1. The summed E-state index contributed by atoms with van der Waals surface area (Å²) in [6.07, 6.45) is 9.82. The van der Waals surface area contributed by atoms with Crippen molar-refractivity contribution in [2.24, 2.45) is 5.84 Å². The number of carbonyl (C=O) groups excluding carboxylic acids is 2. The van der Waals surface area contributed by atoms with Crippen LogP contribution in [0.3, 0.4) is 0 Å². The summed E-state index contributed by atoms with van der Waals surface area (Å²) in [5.74, 6) is 5.64. The summed E-state index contributed by atoms with van der Waals surface area (Å²) in [5, 5.41) is 11.6. The molecule has 0 aliphatic rings. The molecule has 0 saturated carbocycles. The van der Waals surface area contributed by atoms with E-state index in [1.54, 1.807) is 24.3 Å². The van der Waals surface area contributed by atoms with Gasteiger partial charge < -0.3 is 5.32 Å². The molecule has 0 aliphatic carbocycles. The van der Waals surface area contributed by atoms with E-state index in [1.165, 1.54) is 32.1 Å². The molecule has 0 spiro atoms. The average molecular weight is 405 g/mol. The van der Waals surface area contributed by atoms with Crippen LogP contribution in [0.4, 0.5) is 0 Å². The molecule has 7 heteroatoms. The Morgan fingerprint density at radius 2 is 1.57 bits per heavy atom. The number of hydrogen-bond acceptors (Lipinski definition) is 5. The average Bonchev–Trinajstić information content (AvgIpc) is 2.72. The molecule has 0 aliphatic heterocycles. The number of benzene rings is 1. The second kappa shape index (κ2) is 14.9. The zero-order valence-corrected chi connectivity index (χ0v) is 17.3. The van der Waals surface area contributed by atoms with Crippen LogP contribution in [0.25, 0.3) is 0 Å². The van der Waals surface area contributed by atoms with E-state index in [4.69, 9.17) is 11.1 Å². The van der Waals surface area contributed by atoms with E-state index in [-0.39, 0.29) is 5.91 Å². The highest BCUT2D eigenvalue weighted by atomic mass is 32.1. The van der Waals surface area contributed by atoms with Crippen LogP contribution >= 0.6 is 12.6 Å². The molecule has 4 N–H and O–H groups in total. The molecule has 0 heterocycles. The molecule has 0 unspecified atom stereocenters. The van der Waals surface area contributed by atoms with Crippen molar-refractivity contribution in [2.45, 2.75) is 70.3 Å². The summed E-state index contributed by atoms with van der Waals surface area (Å²) >= 11 is 4.21. The van der Waals surface area contributed by atoms with Crippen molar-refractivity contribution in [3.8, 4) is 6.07 Å². The predicted molar refractivity (Wildman–Crippen MR) is 115 cm³/mol. The molecule has 1 aromatic rings. The van der Waals surface area contributed by atoms with Gasteiger partial charge in [-0.05, 0) is 36.3 Å². The van der Waals surface area contributed by atoms with Crippen LogP contribution < -0.4 is 16.6 Å². The summed E-state index contributed by atoms with van der Waals surface area (Å²) in [5.41, 5.74) is 3.51. The zero-order valence-electron chi connectivity index (χ0n) is 16.5. The third-order valence-corrected chi connectivity index (χ3v) is 4.95. The number of nitrogens with one attached hydrogen (secondary N) is 2. The summed E-state index contributed by atoms with van der Waals surface area (Å²) in [4.78, 5) is 24.2. The molecule has 0 radical (unpaired) electrons. The lowest BCUT2D eigenvalue weighted by molar-refractivity contribution is -0.129. The number of thiol groups is 1. The normalized spacial score (nSPS) is 11.5. The highest BCUT2D eigenvalue weighted by Gasteiger charge is 2.20. The van der Waals surface area contributed by atoms with E-state index in [0.29, 0.717) is 18.4 Å². The summed E-state index contributed by atoms with van der Waals surface area (Å²) in [6.45, 7) is 0. The third-order valence-electron chi connectivity index (χ3n) is 4.63. The number of nitriles is 1. The fraction of sp³-hybridized carbons (Fsp3) is 0.571. The number of amides is 2. The minimum atomic E-state index is -0.725. The molecule has 2 amide bonds. The Labute approximate surface area is 173 Å². The van der Waals surface area contributed by atoms with Crippen molar-refractivity contribution < 1.29 is 9.59 Å². The first-order valence-electron chi connectivity index (χ1n) is 10.0.